The third kappa shape index (κ3) is 2.44. The van der Waals surface area contributed by atoms with Crippen LogP contribution in [0.15, 0.2) is 43.2 Å². The van der Waals surface area contributed by atoms with E-state index >= 15 is 0 Å². The highest BCUT2D eigenvalue weighted by molar-refractivity contribution is 5.59. The first kappa shape index (κ1) is 11.4. The third-order valence-electron chi connectivity index (χ3n) is 2.84. The lowest BCUT2D eigenvalue weighted by atomic mass is 10.2. The Hall–Kier alpha value is -2.70. The Bertz CT molecular complexity index is 639. The molecule has 0 unspecified atom stereocenters. The van der Waals surface area contributed by atoms with Crippen LogP contribution in [0.25, 0.3) is 11.3 Å². The number of hydrogen-bond acceptors (Lipinski definition) is 5. The molecule has 0 fully saturated rings. The van der Waals surface area contributed by atoms with Crippen molar-refractivity contribution in [3.63, 3.8) is 0 Å². The van der Waals surface area contributed by atoms with Crippen LogP contribution in [0, 0.1) is 0 Å². The molecule has 0 amide bonds. The maximum Gasteiger partial charge on any atom is 0.123 e. The number of nitrogens with zero attached hydrogens (tertiary/aromatic N) is 6. The smallest absolute Gasteiger partial charge is 0.123 e. The Labute approximate surface area is 109 Å². The molecule has 0 saturated heterocycles. The molecule has 2 N–H and O–H groups in total. The Morgan fingerprint density at radius 2 is 2.11 bits per heavy atom. The van der Waals surface area contributed by atoms with Gasteiger partial charge in [0, 0.05) is 24.5 Å². The number of aromatic nitrogens is 6. The molecule has 0 aliphatic heterocycles. The SMILES string of the molecule is Nc1ccc(-c2cncn2CCn2ccnn2)cn1. The van der Waals surface area contributed by atoms with Crippen molar-refractivity contribution in [2.45, 2.75) is 13.1 Å². The Balaban J connectivity index is 1.80. The number of hydrogen-bond donors (Lipinski definition) is 1. The van der Waals surface area contributed by atoms with Crippen molar-refractivity contribution < 1.29 is 0 Å². The number of imidazole rings is 1. The number of nitrogens with two attached hydrogens (primary N) is 1. The zero-order chi connectivity index (χ0) is 13.1. The van der Waals surface area contributed by atoms with E-state index < -0.39 is 0 Å². The summed E-state index contributed by atoms with van der Waals surface area (Å²) in [5, 5.41) is 7.71. The molecule has 3 heterocycles. The van der Waals surface area contributed by atoms with Crippen LogP contribution in [-0.2, 0) is 13.1 Å². The molecule has 96 valence electrons. The van der Waals surface area contributed by atoms with Crippen molar-refractivity contribution >= 4 is 5.82 Å². The number of anilines is 1. The second-order valence-electron chi connectivity index (χ2n) is 4.11. The van der Waals surface area contributed by atoms with Crippen LogP contribution in [0.1, 0.15) is 0 Å². The summed E-state index contributed by atoms with van der Waals surface area (Å²) in [7, 11) is 0. The van der Waals surface area contributed by atoms with Gasteiger partial charge in [0.1, 0.15) is 5.82 Å². The highest BCUT2D eigenvalue weighted by atomic mass is 15.4. The highest BCUT2D eigenvalue weighted by Crippen LogP contribution is 2.18. The molecule has 0 saturated carbocycles. The maximum atomic E-state index is 5.59. The first-order chi connectivity index (χ1) is 9.33. The van der Waals surface area contributed by atoms with Gasteiger partial charge in [-0.3, -0.25) is 4.68 Å². The van der Waals surface area contributed by atoms with Gasteiger partial charge in [-0.15, -0.1) is 5.10 Å². The molecule has 19 heavy (non-hydrogen) atoms. The predicted molar refractivity (Wildman–Crippen MR) is 69.9 cm³/mol. The van der Waals surface area contributed by atoms with Crippen LogP contribution in [0.3, 0.4) is 0 Å². The van der Waals surface area contributed by atoms with Gasteiger partial charge in [-0.2, -0.15) is 0 Å². The maximum absolute atomic E-state index is 5.59. The van der Waals surface area contributed by atoms with E-state index in [0.29, 0.717) is 5.82 Å². The van der Waals surface area contributed by atoms with Gasteiger partial charge in [-0.25, -0.2) is 9.97 Å². The lowest BCUT2D eigenvalue weighted by Gasteiger charge is -2.08. The Kier molecular flexibility index (Phi) is 2.93. The molecule has 0 aliphatic rings. The lowest BCUT2D eigenvalue weighted by Crippen LogP contribution is -2.08. The molecule has 7 nitrogen and oxygen atoms in total. The summed E-state index contributed by atoms with van der Waals surface area (Å²) in [6.45, 7) is 1.51. The summed E-state index contributed by atoms with van der Waals surface area (Å²) in [4.78, 5) is 8.27. The largest absolute Gasteiger partial charge is 0.384 e. The van der Waals surface area contributed by atoms with E-state index in [9.17, 15) is 0 Å². The summed E-state index contributed by atoms with van der Waals surface area (Å²) in [5.74, 6) is 0.512. The van der Waals surface area contributed by atoms with Crippen molar-refractivity contribution in [1.82, 2.24) is 29.5 Å². The van der Waals surface area contributed by atoms with Crippen LogP contribution in [0.5, 0.6) is 0 Å². The van der Waals surface area contributed by atoms with Gasteiger partial charge in [0.05, 0.1) is 31.0 Å². The second-order valence-corrected chi connectivity index (χ2v) is 4.11. The molecular formula is C12H13N7. The average molecular weight is 255 g/mol. The quantitative estimate of drug-likeness (QED) is 0.745. The summed E-state index contributed by atoms with van der Waals surface area (Å²) < 4.78 is 3.83. The van der Waals surface area contributed by atoms with Crippen molar-refractivity contribution in [2.75, 3.05) is 5.73 Å². The van der Waals surface area contributed by atoms with E-state index in [1.165, 1.54) is 0 Å². The van der Waals surface area contributed by atoms with Gasteiger partial charge in [0.25, 0.3) is 0 Å². The monoisotopic (exact) mass is 255 g/mol. The first-order valence-corrected chi connectivity index (χ1v) is 5.89. The summed E-state index contributed by atoms with van der Waals surface area (Å²) in [6, 6.07) is 3.72. The summed E-state index contributed by atoms with van der Waals surface area (Å²) in [6.07, 6.45) is 8.86. The van der Waals surface area contributed by atoms with E-state index in [0.717, 1.165) is 24.3 Å². The number of nitrogen functional groups attached to an aromatic ring is 1. The second kappa shape index (κ2) is 4.89. The molecule has 0 radical (unpaired) electrons. The van der Waals surface area contributed by atoms with Crippen LogP contribution >= 0.6 is 0 Å². The molecule has 0 spiro atoms. The zero-order valence-electron chi connectivity index (χ0n) is 10.2. The number of rotatable bonds is 4. The number of aryl methyl sites for hydroxylation is 2. The van der Waals surface area contributed by atoms with Gasteiger partial charge in [-0.1, -0.05) is 5.21 Å². The topological polar surface area (TPSA) is 87.4 Å². The predicted octanol–water partition coefficient (Wildman–Crippen LogP) is 0.819. The Morgan fingerprint density at radius 3 is 2.84 bits per heavy atom. The van der Waals surface area contributed by atoms with Gasteiger partial charge in [0.15, 0.2) is 0 Å². The Morgan fingerprint density at radius 1 is 1.16 bits per heavy atom. The molecular weight excluding hydrogens is 242 g/mol. The third-order valence-corrected chi connectivity index (χ3v) is 2.84. The molecule has 0 aliphatic carbocycles. The molecule has 0 atom stereocenters. The van der Waals surface area contributed by atoms with Gasteiger partial charge < -0.3 is 10.3 Å². The van der Waals surface area contributed by atoms with E-state index in [4.69, 9.17) is 5.73 Å². The first-order valence-electron chi connectivity index (χ1n) is 5.89. The summed E-state index contributed by atoms with van der Waals surface area (Å²) >= 11 is 0. The van der Waals surface area contributed by atoms with E-state index in [2.05, 4.69) is 24.8 Å². The van der Waals surface area contributed by atoms with Crippen LogP contribution < -0.4 is 5.73 Å². The summed E-state index contributed by atoms with van der Waals surface area (Å²) in [5.41, 5.74) is 7.59. The van der Waals surface area contributed by atoms with E-state index in [1.807, 2.05) is 18.5 Å². The zero-order valence-corrected chi connectivity index (χ0v) is 10.2. The van der Waals surface area contributed by atoms with Crippen molar-refractivity contribution in [2.24, 2.45) is 0 Å². The van der Waals surface area contributed by atoms with Crippen LogP contribution in [-0.4, -0.2) is 29.5 Å². The molecule has 3 aromatic heterocycles. The van der Waals surface area contributed by atoms with Crippen molar-refractivity contribution in [3.05, 3.63) is 43.2 Å². The minimum absolute atomic E-state index is 0.512. The van der Waals surface area contributed by atoms with Gasteiger partial charge in [-0.05, 0) is 12.1 Å². The molecule has 7 heteroatoms. The lowest BCUT2D eigenvalue weighted by molar-refractivity contribution is 0.521. The van der Waals surface area contributed by atoms with Gasteiger partial charge >= 0.3 is 0 Å². The molecule has 3 rings (SSSR count). The van der Waals surface area contributed by atoms with Crippen LogP contribution in [0.2, 0.25) is 0 Å². The fourth-order valence-corrected chi connectivity index (χ4v) is 1.86. The average Bonchev–Trinajstić information content (AvgIpc) is 3.08. The van der Waals surface area contributed by atoms with E-state index in [-0.39, 0.29) is 0 Å². The molecule has 0 aromatic carbocycles. The van der Waals surface area contributed by atoms with Crippen molar-refractivity contribution in [1.29, 1.82) is 0 Å². The fourth-order valence-electron chi connectivity index (χ4n) is 1.86. The van der Waals surface area contributed by atoms with Gasteiger partial charge in [0.2, 0.25) is 0 Å². The highest BCUT2D eigenvalue weighted by Gasteiger charge is 2.05. The standard InChI is InChI=1S/C12H13N7/c13-12-2-1-10(7-15-12)11-8-14-9-18(11)5-6-19-4-3-16-17-19/h1-4,7-9H,5-6H2,(H2,13,15). The van der Waals surface area contributed by atoms with E-state index in [1.54, 1.807) is 29.5 Å². The van der Waals surface area contributed by atoms with Crippen LogP contribution in [0.4, 0.5) is 5.82 Å². The molecule has 0 bridgehead atoms. The minimum atomic E-state index is 0.512. The van der Waals surface area contributed by atoms with Crippen molar-refractivity contribution in [3.8, 4) is 11.3 Å². The normalized spacial score (nSPS) is 10.7. The number of pyridine rings is 1. The fraction of sp³-hybridized carbons (Fsp3) is 0.167. The molecule has 3 aromatic rings. The minimum Gasteiger partial charge on any atom is -0.384 e.